The maximum absolute atomic E-state index is 12.8. The monoisotopic (exact) mass is 278 g/mol. The van der Waals surface area contributed by atoms with E-state index in [1.54, 1.807) is 24.3 Å². The van der Waals surface area contributed by atoms with Gasteiger partial charge in [-0.05, 0) is 29.8 Å². The molecule has 5 heteroatoms. The fourth-order valence-electron chi connectivity index (χ4n) is 2.01. The summed E-state index contributed by atoms with van der Waals surface area (Å²) in [6, 6.07) is 12.4. The fourth-order valence-corrected chi connectivity index (χ4v) is 3.37. The van der Waals surface area contributed by atoms with E-state index in [2.05, 4.69) is 0 Å². The highest BCUT2D eigenvalue weighted by Gasteiger charge is 2.37. The average molecular weight is 278 g/mol. The first-order chi connectivity index (χ1) is 9.16. The van der Waals surface area contributed by atoms with Crippen molar-refractivity contribution in [3.05, 3.63) is 59.9 Å². The first-order valence-corrected chi connectivity index (χ1v) is 6.98. The maximum Gasteiger partial charge on any atom is 0.207 e. The number of ether oxygens (including phenoxy) is 1. The van der Waals surface area contributed by atoms with E-state index in [4.69, 9.17) is 4.74 Å². The largest absolute Gasteiger partial charge is 0.472 e. The van der Waals surface area contributed by atoms with Crippen molar-refractivity contribution in [2.75, 3.05) is 0 Å². The lowest BCUT2D eigenvalue weighted by Crippen LogP contribution is -2.25. The van der Waals surface area contributed by atoms with Crippen LogP contribution in [0.15, 0.2) is 53.4 Å². The van der Waals surface area contributed by atoms with Crippen LogP contribution in [-0.4, -0.2) is 14.8 Å². The SMILES string of the molecule is O=S1c2ccccc2O[C@H]1[C@@H](O)c1ccc(F)cc1. The molecular formula is C14H11FO3S. The fraction of sp³-hybridized carbons (Fsp3) is 0.143. The van der Waals surface area contributed by atoms with Crippen molar-refractivity contribution in [3.63, 3.8) is 0 Å². The first-order valence-electron chi connectivity index (χ1n) is 5.76. The van der Waals surface area contributed by atoms with Gasteiger partial charge in [0.1, 0.15) is 28.5 Å². The molecule has 3 nitrogen and oxygen atoms in total. The van der Waals surface area contributed by atoms with Gasteiger partial charge in [-0.25, -0.2) is 4.39 Å². The lowest BCUT2D eigenvalue weighted by atomic mass is 10.1. The Kier molecular flexibility index (Phi) is 3.08. The zero-order valence-corrected chi connectivity index (χ0v) is 10.6. The van der Waals surface area contributed by atoms with Crippen LogP contribution in [0.2, 0.25) is 0 Å². The van der Waals surface area contributed by atoms with Crippen LogP contribution in [0.3, 0.4) is 0 Å². The van der Waals surface area contributed by atoms with Gasteiger partial charge in [-0.2, -0.15) is 0 Å². The molecule has 0 bridgehead atoms. The highest BCUT2D eigenvalue weighted by Crippen LogP contribution is 2.37. The maximum atomic E-state index is 12.8. The van der Waals surface area contributed by atoms with Crippen LogP contribution < -0.4 is 4.74 Å². The van der Waals surface area contributed by atoms with Crippen LogP contribution in [0, 0.1) is 5.82 Å². The molecule has 0 amide bonds. The molecule has 0 radical (unpaired) electrons. The Morgan fingerprint density at radius 1 is 1.16 bits per heavy atom. The minimum absolute atomic E-state index is 0.382. The zero-order valence-electron chi connectivity index (χ0n) is 9.82. The van der Waals surface area contributed by atoms with Crippen LogP contribution >= 0.6 is 0 Å². The van der Waals surface area contributed by atoms with Crippen molar-refractivity contribution in [1.29, 1.82) is 0 Å². The third-order valence-electron chi connectivity index (χ3n) is 2.99. The molecule has 0 aromatic heterocycles. The summed E-state index contributed by atoms with van der Waals surface area (Å²) < 4.78 is 30.6. The van der Waals surface area contributed by atoms with Crippen molar-refractivity contribution < 1.29 is 18.4 Å². The Morgan fingerprint density at radius 2 is 1.84 bits per heavy atom. The van der Waals surface area contributed by atoms with Crippen molar-refractivity contribution in [1.82, 2.24) is 0 Å². The second-order valence-electron chi connectivity index (χ2n) is 4.23. The summed E-state index contributed by atoms with van der Waals surface area (Å²) in [6.45, 7) is 0. The molecule has 1 heterocycles. The Balaban J connectivity index is 1.89. The van der Waals surface area contributed by atoms with Crippen molar-refractivity contribution in [3.8, 4) is 5.75 Å². The van der Waals surface area contributed by atoms with Crippen molar-refractivity contribution >= 4 is 10.8 Å². The summed E-state index contributed by atoms with van der Waals surface area (Å²) in [5.41, 5.74) is -0.379. The minimum atomic E-state index is -1.44. The molecule has 19 heavy (non-hydrogen) atoms. The van der Waals surface area contributed by atoms with Crippen LogP contribution in [0.5, 0.6) is 5.75 Å². The Bertz CT molecular complexity index is 627. The second-order valence-corrected chi connectivity index (χ2v) is 5.73. The van der Waals surface area contributed by atoms with E-state index in [0.717, 1.165) is 0 Å². The molecule has 2 aromatic carbocycles. The summed E-state index contributed by atoms with van der Waals surface area (Å²) in [6.07, 6.45) is -1.06. The van der Waals surface area contributed by atoms with Gasteiger partial charge >= 0.3 is 0 Å². The van der Waals surface area contributed by atoms with Crippen molar-refractivity contribution in [2.24, 2.45) is 0 Å². The van der Waals surface area contributed by atoms with Gasteiger partial charge in [-0.1, -0.05) is 24.3 Å². The molecule has 2 aromatic rings. The highest BCUT2D eigenvalue weighted by molar-refractivity contribution is 7.86. The van der Waals surface area contributed by atoms with Crippen LogP contribution in [-0.2, 0) is 10.8 Å². The topological polar surface area (TPSA) is 46.5 Å². The number of benzene rings is 2. The molecule has 0 saturated heterocycles. The van der Waals surface area contributed by atoms with E-state index < -0.39 is 22.3 Å². The molecular weight excluding hydrogens is 267 g/mol. The molecule has 0 aliphatic carbocycles. The number of hydrogen-bond donors (Lipinski definition) is 1. The summed E-state index contributed by atoms with van der Waals surface area (Å²) in [5, 5.41) is 10.2. The zero-order chi connectivity index (χ0) is 13.4. The molecule has 3 rings (SSSR count). The van der Waals surface area contributed by atoms with Crippen LogP contribution in [0.25, 0.3) is 0 Å². The van der Waals surface area contributed by atoms with E-state index >= 15 is 0 Å². The molecule has 3 atom stereocenters. The number of fused-ring (bicyclic) bond motifs is 1. The van der Waals surface area contributed by atoms with Gasteiger partial charge in [0, 0.05) is 0 Å². The van der Waals surface area contributed by atoms with Crippen LogP contribution in [0.1, 0.15) is 11.7 Å². The summed E-state index contributed by atoms with van der Waals surface area (Å²) >= 11 is 0. The number of hydrogen-bond acceptors (Lipinski definition) is 3. The van der Waals surface area contributed by atoms with Gasteiger partial charge in [0.05, 0.1) is 4.90 Å². The Morgan fingerprint density at radius 3 is 2.53 bits per heavy atom. The molecule has 1 unspecified atom stereocenters. The molecule has 0 spiro atoms. The van der Waals surface area contributed by atoms with Gasteiger partial charge in [0.2, 0.25) is 5.44 Å². The van der Waals surface area contributed by atoms with E-state index in [0.29, 0.717) is 16.2 Å². The molecule has 0 saturated carbocycles. The minimum Gasteiger partial charge on any atom is -0.472 e. The molecule has 1 aliphatic heterocycles. The predicted molar refractivity (Wildman–Crippen MR) is 68.6 cm³/mol. The molecule has 1 N–H and O–H groups in total. The Hall–Kier alpha value is -1.72. The van der Waals surface area contributed by atoms with E-state index in [9.17, 15) is 13.7 Å². The molecule has 0 fully saturated rings. The van der Waals surface area contributed by atoms with Crippen LogP contribution in [0.4, 0.5) is 4.39 Å². The second kappa shape index (κ2) is 4.75. The average Bonchev–Trinajstić information content (AvgIpc) is 2.77. The van der Waals surface area contributed by atoms with Gasteiger partial charge in [-0.3, -0.25) is 4.21 Å². The third kappa shape index (κ3) is 2.15. The third-order valence-corrected chi connectivity index (χ3v) is 4.54. The summed E-state index contributed by atoms with van der Waals surface area (Å²) in [7, 11) is -1.44. The molecule has 98 valence electrons. The summed E-state index contributed by atoms with van der Waals surface area (Å²) in [5.74, 6) is 0.139. The highest BCUT2D eigenvalue weighted by atomic mass is 32.2. The first kappa shape index (κ1) is 12.3. The quantitative estimate of drug-likeness (QED) is 0.917. The molecule has 1 aliphatic rings. The predicted octanol–water partition coefficient (Wildman–Crippen LogP) is 2.39. The standard InChI is InChI=1S/C14H11FO3S/c15-10-7-5-9(6-8-10)13(16)14-18-11-3-1-2-4-12(11)19(14)17/h1-8,13-14,16H/t13-,14+,19?/m0/s1. The number of rotatable bonds is 2. The van der Waals surface area contributed by atoms with E-state index in [1.807, 2.05) is 0 Å². The van der Waals surface area contributed by atoms with E-state index in [-0.39, 0.29) is 5.82 Å². The van der Waals surface area contributed by atoms with Gasteiger partial charge in [0.25, 0.3) is 0 Å². The van der Waals surface area contributed by atoms with Gasteiger partial charge in [-0.15, -0.1) is 0 Å². The normalized spacial score (nSPS) is 22.6. The summed E-state index contributed by atoms with van der Waals surface area (Å²) in [4.78, 5) is 0.577. The lowest BCUT2D eigenvalue weighted by molar-refractivity contribution is 0.0885. The lowest BCUT2D eigenvalue weighted by Gasteiger charge is -2.17. The smallest absolute Gasteiger partial charge is 0.207 e. The van der Waals surface area contributed by atoms with E-state index in [1.165, 1.54) is 24.3 Å². The number of halogens is 1. The number of aliphatic hydroxyl groups is 1. The number of aliphatic hydroxyl groups excluding tert-OH is 1. The van der Waals surface area contributed by atoms with Gasteiger partial charge in [0.15, 0.2) is 0 Å². The Labute approximate surface area is 112 Å². The van der Waals surface area contributed by atoms with Gasteiger partial charge < -0.3 is 9.84 Å². The number of para-hydroxylation sites is 1. The van der Waals surface area contributed by atoms with Crippen molar-refractivity contribution in [2.45, 2.75) is 16.4 Å².